The Morgan fingerprint density at radius 3 is 2.40 bits per heavy atom. The Labute approximate surface area is 178 Å². The van der Waals surface area contributed by atoms with Gasteiger partial charge < -0.3 is 9.88 Å². The monoisotopic (exact) mass is 412 g/mol. The van der Waals surface area contributed by atoms with Crippen molar-refractivity contribution < 1.29 is 9.59 Å². The molecule has 148 valence electrons. The number of thioether (sulfide) groups is 1. The van der Waals surface area contributed by atoms with Crippen LogP contribution in [0.25, 0.3) is 22.0 Å². The largest absolute Gasteiger partial charge is 0.343 e. The van der Waals surface area contributed by atoms with Gasteiger partial charge >= 0.3 is 0 Å². The highest BCUT2D eigenvalue weighted by Crippen LogP contribution is 2.28. The van der Waals surface area contributed by atoms with E-state index < -0.39 is 6.04 Å². The molecule has 0 bridgehead atoms. The number of hydrogen-bond acceptors (Lipinski definition) is 3. The lowest BCUT2D eigenvalue weighted by Crippen LogP contribution is -2.30. The van der Waals surface area contributed by atoms with Crippen LogP contribution in [-0.2, 0) is 17.8 Å². The molecular weight excluding hydrogens is 392 g/mol. The Kier molecular flexibility index (Phi) is 4.89. The van der Waals surface area contributed by atoms with E-state index in [2.05, 4.69) is 76.7 Å². The van der Waals surface area contributed by atoms with Crippen LogP contribution < -0.4 is 5.32 Å². The van der Waals surface area contributed by atoms with Crippen LogP contribution in [0.1, 0.15) is 11.1 Å². The summed E-state index contributed by atoms with van der Waals surface area (Å²) >= 11 is 0.766. The summed E-state index contributed by atoms with van der Waals surface area (Å²) in [5, 5.41) is 3.52. The minimum atomic E-state index is -0.449. The predicted molar refractivity (Wildman–Crippen MR) is 122 cm³/mol. The maximum absolute atomic E-state index is 12.0. The SMILES string of the molecule is O=C1NC(Cc2cccc3c2ccn3Cc2ccccc2-c2ccccc2)C(=O)S1. The Morgan fingerprint density at radius 2 is 1.60 bits per heavy atom. The van der Waals surface area contributed by atoms with Crippen LogP contribution in [0.2, 0.25) is 0 Å². The molecular formula is C25H20N2O2S. The smallest absolute Gasteiger partial charge is 0.287 e. The van der Waals surface area contributed by atoms with Crippen LogP contribution in [0.5, 0.6) is 0 Å². The van der Waals surface area contributed by atoms with Crippen LogP contribution in [0.3, 0.4) is 0 Å². The van der Waals surface area contributed by atoms with E-state index in [0.29, 0.717) is 6.42 Å². The number of nitrogens with one attached hydrogen (secondary N) is 1. The number of fused-ring (bicyclic) bond motifs is 1. The van der Waals surface area contributed by atoms with Crippen molar-refractivity contribution in [2.45, 2.75) is 19.0 Å². The second kappa shape index (κ2) is 7.84. The van der Waals surface area contributed by atoms with E-state index in [-0.39, 0.29) is 10.4 Å². The highest BCUT2D eigenvalue weighted by Gasteiger charge is 2.31. The topological polar surface area (TPSA) is 51.1 Å². The Balaban J connectivity index is 1.48. The Bertz CT molecular complexity index is 1250. The zero-order valence-electron chi connectivity index (χ0n) is 16.2. The average molecular weight is 413 g/mol. The maximum atomic E-state index is 12.0. The van der Waals surface area contributed by atoms with Gasteiger partial charge in [0.1, 0.15) is 6.04 Å². The van der Waals surface area contributed by atoms with E-state index in [0.717, 1.165) is 34.8 Å². The van der Waals surface area contributed by atoms with Gasteiger partial charge in [0.15, 0.2) is 0 Å². The fourth-order valence-corrected chi connectivity index (χ4v) is 4.76. The normalized spacial score (nSPS) is 16.2. The molecule has 3 aromatic carbocycles. The van der Waals surface area contributed by atoms with Crippen molar-refractivity contribution in [2.75, 3.05) is 0 Å². The first-order chi connectivity index (χ1) is 14.7. The highest BCUT2D eigenvalue weighted by molar-refractivity contribution is 8.26. The third kappa shape index (κ3) is 3.53. The third-order valence-corrected chi connectivity index (χ3v) is 6.33. The van der Waals surface area contributed by atoms with Crippen LogP contribution in [0.15, 0.2) is 85.1 Å². The van der Waals surface area contributed by atoms with Gasteiger partial charge in [-0.25, -0.2) is 0 Å². The van der Waals surface area contributed by atoms with Gasteiger partial charge in [0.2, 0.25) is 5.12 Å². The van der Waals surface area contributed by atoms with E-state index in [9.17, 15) is 9.59 Å². The minimum absolute atomic E-state index is 0.103. The molecule has 4 nitrogen and oxygen atoms in total. The van der Waals surface area contributed by atoms with Crippen LogP contribution >= 0.6 is 11.8 Å². The van der Waals surface area contributed by atoms with Crippen LogP contribution in [0, 0.1) is 0 Å². The fourth-order valence-electron chi connectivity index (χ4n) is 4.09. The second-order valence-corrected chi connectivity index (χ2v) is 8.40. The summed E-state index contributed by atoms with van der Waals surface area (Å²) in [4.78, 5) is 23.5. The Hall–Kier alpha value is -3.31. The van der Waals surface area contributed by atoms with E-state index in [4.69, 9.17) is 0 Å². The summed E-state index contributed by atoms with van der Waals surface area (Å²) < 4.78 is 2.24. The summed E-state index contributed by atoms with van der Waals surface area (Å²) in [6.45, 7) is 0.757. The first kappa shape index (κ1) is 18.7. The third-order valence-electron chi connectivity index (χ3n) is 5.54. The van der Waals surface area contributed by atoms with Crippen LogP contribution in [-0.4, -0.2) is 21.0 Å². The van der Waals surface area contributed by atoms with Crippen molar-refractivity contribution >= 4 is 33.0 Å². The van der Waals surface area contributed by atoms with Gasteiger partial charge in [-0.1, -0.05) is 66.7 Å². The van der Waals surface area contributed by atoms with Crippen molar-refractivity contribution in [1.29, 1.82) is 0 Å². The van der Waals surface area contributed by atoms with Crippen molar-refractivity contribution in [1.82, 2.24) is 9.88 Å². The summed E-state index contributed by atoms with van der Waals surface area (Å²) in [5.41, 5.74) is 5.88. The van der Waals surface area contributed by atoms with Crippen molar-refractivity contribution in [3.8, 4) is 11.1 Å². The van der Waals surface area contributed by atoms with Gasteiger partial charge in [0.05, 0.1) is 0 Å². The van der Waals surface area contributed by atoms with Gasteiger partial charge in [-0.15, -0.1) is 0 Å². The molecule has 30 heavy (non-hydrogen) atoms. The average Bonchev–Trinajstić information content (AvgIpc) is 3.32. The Morgan fingerprint density at radius 1 is 0.833 bits per heavy atom. The molecule has 1 saturated heterocycles. The molecule has 1 aliphatic heterocycles. The zero-order valence-corrected chi connectivity index (χ0v) is 17.1. The molecule has 2 heterocycles. The van der Waals surface area contributed by atoms with Gasteiger partial charge in [0, 0.05) is 41.8 Å². The quantitative estimate of drug-likeness (QED) is 0.487. The lowest BCUT2D eigenvalue weighted by atomic mass is 9.99. The summed E-state index contributed by atoms with van der Waals surface area (Å²) in [6, 6.07) is 26.7. The predicted octanol–water partition coefficient (Wildman–Crippen LogP) is 5.25. The number of nitrogens with zero attached hydrogens (tertiary/aromatic N) is 1. The van der Waals surface area contributed by atoms with Crippen LogP contribution in [0.4, 0.5) is 4.79 Å². The lowest BCUT2D eigenvalue weighted by molar-refractivity contribution is -0.112. The maximum Gasteiger partial charge on any atom is 0.287 e. The van der Waals surface area contributed by atoms with E-state index >= 15 is 0 Å². The second-order valence-electron chi connectivity index (χ2n) is 7.43. The van der Waals surface area contributed by atoms with E-state index in [1.807, 2.05) is 18.2 Å². The molecule has 0 saturated carbocycles. The van der Waals surface area contributed by atoms with Gasteiger partial charge in [0.25, 0.3) is 5.24 Å². The lowest BCUT2D eigenvalue weighted by Gasteiger charge is -2.13. The molecule has 0 spiro atoms. The molecule has 5 rings (SSSR count). The molecule has 0 radical (unpaired) electrons. The minimum Gasteiger partial charge on any atom is -0.343 e. The number of benzene rings is 3. The number of carbonyl (C=O) groups is 2. The number of rotatable bonds is 5. The molecule has 5 heteroatoms. The zero-order chi connectivity index (χ0) is 20.5. The van der Waals surface area contributed by atoms with Gasteiger partial charge in [-0.3, -0.25) is 9.59 Å². The number of aromatic nitrogens is 1. The molecule has 1 N–H and O–H groups in total. The molecule has 1 amide bonds. The molecule has 1 fully saturated rings. The summed E-state index contributed by atoms with van der Waals surface area (Å²) in [7, 11) is 0. The number of amides is 1. The van der Waals surface area contributed by atoms with Crippen molar-refractivity contribution in [3.05, 3.63) is 96.2 Å². The standard InChI is InChI=1S/C25H20N2O2S/c28-24-22(26-25(29)30-24)15-18-10-6-12-23-21(18)13-14-27(23)16-19-9-4-5-11-20(19)17-7-2-1-3-8-17/h1-14,22H,15-16H2,(H,26,29). The molecule has 1 atom stereocenters. The van der Waals surface area contributed by atoms with E-state index in [1.165, 1.54) is 16.7 Å². The molecule has 1 aromatic heterocycles. The highest BCUT2D eigenvalue weighted by atomic mass is 32.2. The number of carbonyl (C=O) groups excluding carboxylic acids is 2. The van der Waals surface area contributed by atoms with Gasteiger partial charge in [-0.2, -0.15) is 0 Å². The molecule has 1 aliphatic rings. The first-order valence-corrected chi connectivity index (χ1v) is 10.7. The van der Waals surface area contributed by atoms with Crippen molar-refractivity contribution in [2.24, 2.45) is 0 Å². The molecule has 4 aromatic rings. The summed E-state index contributed by atoms with van der Waals surface area (Å²) in [6.07, 6.45) is 2.61. The fraction of sp³-hybridized carbons (Fsp3) is 0.120. The molecule has 1 unspecified atom stereocenters. The summed E-state index contributed by atoms with van der Waals surface area (Å²) in [5.74, 6) is 0. The van der Waals surface area contributed by atoms with E-state index in [1.54, 1.807) is 0 Å². The number of hydrogen-bond donors (Lipinski definition) is 1. The van der Waals surface area contributed by atoms with Crippen molar-refractivity contribution in [3.63, 3.8) is 0 Å². The molecule has 0 aliphatic carbocycles. The first-order valence-electron chi connectivity index (χ1n) is 9.91. The van der Waals surface area contributed by atoms with Gasteiger partial charge in [-0.05, 0) is 34.4 Å².